The molecular formula is C14H23NO2. The van der Waals surface area contributed by atoms with E-state index in [2.05, 4.69) is 0 Å². The second-order valence-electron chi connectivity index (χ2n) is 6.22. The highest BCUT2D eigenvalue weighted by atomic mass is 16.5. The lowest BCUT2D eigenvalue weighted by molar-refractivity contribution is -0.152. The lowest BCUT2D eigenvalue weighted by atomic mass is 9.85. The Morgan fingerprint density at radius 2 is 1.82 bits per heavy atom. The molecule has 3 rings (SSSR count). The number of nitrogens with two attached hydrogens (primary N) is 1. The number of fused-ring (bicyclic) bond motifs is 2. The monoisotopic (exact) mass is 237 g/mol. The van der Waals surface area contributed by atoms with Crippen molar-refractivity contribution in [3.8, 4) is 0 Å². The fraction of sp³-hybridized carbons (Fsp3) is 0.929. The number of rotatable bonds is 3. The topological polar surface area (TPSA) is 52.3 Å². The van der Waals surface area contributed by atoms with Crippen LogP contribution in [0.2, 0.25) is 0 Å². The molecule has 96 valence electrons. The number of hydrogen-bond donors (Lipinski definition) is 1. The van der Waals surface area contributed by atoms with E-state index in [-0.39, 0.29) is 17.9 Å². The van der Waals surface area contributed by atoms with Gasteiger partial charge in [-0.25, -0.2) is 0 Å². The van der Waals surface area contributed by atoms with Crippen LogP contribution in [-0.4, -0.2) is 18.6 Å². The Kier molecular flexibility index (Phi) is 3.12. The van der Waals surface area contributed by atoms with Crippen LogP contribution in [0, 0.1) is 23.7 Å². The molecule has 0 spiro atoms. The van der Waals surface area contributed by atoms with E-state index in [4.69, 9.17) is 10.5 Å². The Hall–Kier alpha value is -0.570. The van der Waals surface area contributed by atoms with Gasteiger partial charge in [0.15, 0.2) is 0 Å². The van der Waals surface area contributed by atoms with E-state index in [1.54, 1.807) is 0 Å². The van der Waals surface area contributed by atoms with Crippen LogP contribution in [0.5, 0.6) is 0 Å². The summed E-state index contributed by atoms with van der Waals surface area (Å²) in [6.45, 7) is 0.638. The first-order valence-electron chi connectivity index (χ1n) is 7.18. The third-order valence-electron chi connectivity index (χ3n) is 5.19. The minimum atomic E-state index is -0.00315. The molecule has 3 saturated carbocycles. The van der Waals surface area contributed by atoms with Gasteiger partial charge in [0.2, 0.25) is 0 Å². The third kappa shape index (κ3) is 2.10. The number of carbonyl (C=O) groups is 1. The Morgan fingerprint density at radius 3 is 2.47 bits per heavy atom. The minimum Gasteiger partial charge on any atom is -0.465 e. The van der Waals surface area contributed by atoms with Crippen LogP contribution >= 0.6 is 0 Å². The molecule has 17 heavy (non-hydrogen) atoms. The number of esters is 1. The number of hydrogen-bond acceptors (Lipinski definition) is 3. The zero-order valence-electron chi connectivity index (χ0n) is 10.4. The van der Waals surface area contributed by atoms with Crippen LogP contribution in [-0.2, 0) is 9.53 Å². The first-order chi connectivity index (χ1) is 8.25. The Morgan fingerprint density at radius 1 is 1.12 bits per heavy atom. The standard InChI is InChI=1S/C14H23NO2/c15-13-11-6-5-10(7-11)12(13)14(16)17-8-9-3-1-2-4-9/h9-13H,1-8,15H2. The zero-order valence-corrected chi connectivity index (χ0v) is 10.4. The van der Waals surface area contributed by atoms with Gasteiger partial charge in [-0.1, -0.05) is 12.8 Å². The summed E-state index contributed by atoms with van der Waals surface area (Å²) in [4.78, 5) is 12.1. The number of carbonyl (C=O) groups excluding carboxylic acids is 1. The van der Waals surface area contributed by atoms with Crippen molar-refractivity contribution in [2.45, 2.75) is 51.0 Å². The molecule has 2 N–H and O–H groups in total. The Labute approximate surface area is 103 Å². The minimum absolute atomic E-state index is 0.00315. The van der Waals surface area contributed by atoms with Crippen molar-refractivity contribution in [2.24, 2.45) is 29.4 Å². The van der Waals surface area contributed by atoms with Crippen molar-refractivity contribution >= 4 is 5.97 Å². The van der Waals surface area contributed by atoms with Gasteiger partial charge in [-0.15, -0.1) is 0 Å². The van der Waals surface area contributed by atoms with Gasteiger partial charge in [0.25, 0.3) is 0 Å². The molecule has 4 unspecified atom stereocenters. The van der Waals surface area contributed by atoms with E-state index in [0.717, 1.165) is 6.42 Å². The van der Waals surface area contributed by atoms with Crippen LogP contribution in [0.1, 0.15) is 44.9 Å². The summed E-state index contributed by atoms with van der Waals surface area (Å²) in [6, 6.07) is 0.0739. The van der Waals surface area contributed by atoms with Crippen molar-refractivity contribution in [3.05, 3.63) is 0 Å². The Balaban J connectivity index is 1.52. The number of ether oxygens (including phenoxy) is 1. The van der Waals surface area contributed by atoms with E-state index >= 15 is 0 Å². The lowest BCUT2D eigenvalue weighted by Gasteiger charge is -2.26. The highest BCUT2D eigenvalue weighted by Crippen LogP contribution is 2.48. The average molecular weight is 237 g/mol. The second kappa shape index (κ2) is 4.60. The smallest absolute Gasteiger partial charge is 0.310 e. The molecule has 0 aromatic carbocycles. The molecule has 0 aliphatic heterocycles. The zero-order chi connectivity index (χ0) is 11.8. The molecule has 3 aliphatic rings. The molecule has 0 aromatic heterocycles. The van der Waals surface area contributed by atoms with Gasteiger partial charge in [-0.05, 0) is 49.9 Å². The van der Waals surface area contributed by atoms with E-state index in [1.165, 1.54) is 38.5 Å². The van der Waals surface area contributed by atoms with Crippen LogP contribution in [0.4, 0.5) is 0 Å². The molecule has 2 bridgehead atoms. The first kappa shape index (κ1) is 11.5. The first-order valence-corrected chi connectivity index (χ1v) is 7.18. The molecule has 3 heteroatoms. The van der Waals surface area contributed by atoms with Crippen LogP contribution in [0.15, 0.2) is 0 Å². The summed E-state index contributed by atoms with van der Waals surface area (Å²) < 4.78 is 5.51. The fourth-order valence-corrected chi connectivity index (χ4v) is 4.16. The van der Waals surface area contributed by atoms with E-state index < -0.39 is 0 Å². The van der Waals surface area contributed by atoms with Crippen molar-refractivity contribution in [1.82, 2.24) is 0 Å². The normalized spacial score (nSPS) is 41.0. The molecule has 4 atom stereocenters. The maximum Gasteiger partial charge on any atom is 0.310 e. The maximum absolute atomic E-state index is 12.1. The summed E-state index contributed by atoms with van der Waals surface area (Å²) in [5, 5.41) is 0. The molecule has 3 fully saturated rings. The van der Waals surface area contributed by atoms with E-state index in [0.29, 0.717) is 24.4 Å². The maximum atomic E-state index is 12.1. The quantitative estimate of drug-likeness (QED) is 0.765. The molecule has 0 radical (unpaired) electrons. The predicted octanol–water partition coefficient (Wildman–Crippen LogP) is 2.09. The second-order valence-corrected chi connectivity index (χ2v) is 6.22. The van der Waals surface area contributed by atoms with Gasteiger partial charge < -0.3 is 10.5 Å². The van der Waals surface area contributed by atoms with Crippen molar-refractivity contribution in [3.63, 3.8) is 0 Å². The van der Waals surface area contributed by atoms with Gasteiger partial charge in [-0.3, -0.25) is 4.79 Å². The largest absolute Gasteiger partial charge is 0.465 e. The van der Waals surface area contributed by atoms with Crippen LogP contribution < -0.4 is 5.73 Å². The van der Waals surface area contributed by atoms with Gasteiger partial charge in [0.05, 0.1) is 12.5 Å². The summed E-state index contributed by atoms with van der Waals surface area (Å²) in [5.74, 6) is 1.73. The van der Waals surface area contributed by atoms with Crippen LogP contribution in [0.3, 0.4) is 0 Å². The van der Waals surface area contributed by atoms with Gasteiger partial charge in [-0.2, -0.15) is 0 Å². The predicted molar refractivity (Wildman–Crippen MR) is 65.2 cm³/mol. The molecule has 0 heterocycles. The van der Waals surface area contributed by atoms with Crippen molar-refractivity contribution in [2.75, 3.05) is 6.61 Å². The lowest BCUT2D eigenvalue weighted by Crippen LogP contribution is -2.41. The highest BCUT2D eigenvalue weighted by Gasteiger charge is 2.49. The molecular weight excluding hydrogens is 214 g/mol. The summed E-state index contributed by atoms with van der Waals surface area (Å²) in [7, 11) is 0. The molecule has 0 aromatic rings. The summed E-state index contributed by atoms with van der Waals surface area (Å²) >= 11 is 0. The molecule has 3 aliphatic carbocycles. The molecule has 0 saturated heterocycles. The van der Waals surface area contributed by atoms with Gasteiger partial charge >= 0.3 is 5.97 Å². The van der Waals surface area contributed by atoms with E-state index in [9.17, 15) is 4.79 Å². The van der Waals surface area contributed by atoms with Gasteiger partial charge in [0, 0.05) is 6.04 Å². The molecule has 0 amide bonds. The fourth-order valence-electron chi connectivity index (χ4n) is 4.16. The van der Waals surface area contributed by atoms with E-state index in [1.807, 2.05) is 0 Å². The Bertz CT molecular complexity index is 297. The summed E-state index contributed by atoms with van der Waals surface area (Å²) in [5.41, 5.74) is 6.15. The average Bonchev–Trinajstić information content (AvgIpc) is 3.02. The SMILES string of the molecule is NC1C2CCC(C2)C1C(=O)OCC1CCCC1. The van der Waals surface area contributed by atoms with Crippen molar-refractivity contribution < 1.29 is 9.53 Å². The van der Waals surface area contributed by atoms with Crippen molar-refractivity contribution in [1.29, 1.82) is 0 Å². The highest BCUT2D eigenvalue weighted by molar-refractivity contribution is 5.74. The third-order valence-corrected chi connectivity index (χ3v) is 5.19. The molecule has 3 nitrogen and oxygen atoms in total. The van der Waals surface area contributed by atoms with Gasteiger partial charge in [0.1, 0.15) is 0 Å². The van der Waals surface area contributed by atoms with Crippen LogP contribution in [0.25, 0.3) is 0 Å². The summed E-state index contributed by atoms with van der Waals surface area (Å²) in [6.07, 6.45) is 8.63.